The zero-order valence-electron chi connectivity index (χ0n) is 12.4. The van der Waals surface area contributed by atoms with Crippen molar-refractivity contribution in [3.05, 3.63) is 69.2 Å². The molecule has 4 nitrogen and oxygen atoms in total. The summed E-state index contributed by atoms with van der Waals surface area (Å²) in [5.74, 6) is -0.514. The summed E-state index contributed by atoms with van der Waals surface area (Å²) in [6, 6.07) is 13.1. The summed E-state index contributed by atoms with van der Waals surface area (Å²) in [5.41, 5.74) is 7.48. The maximum atomic E-state index is 11.8. The minimum Gasteiger partial charge on any atom is -0.368 e. The van der Waals surface area contributed by atoms with Gasteiger partial charge in [-0.3, -0.25) is 10.1 Å². The summed E-state index contributed by atoms with van der Waals surface area (Å²) in [5, 5.41) is 12.9. The number of hydrogen-bond donors (Lipinski definition) is 2. The van der Waals surface area contributed by atoms with Crippen LogP contribution in [-0.2, 0) is 4.79 Å². The first kappa shape index (κ1) is 17.3. The van der Waals surface area contributed by atoms with Crippen molar-refractivity contribution in [2.24, 2.45) is 5.73 Å². The zero-order valence-corrected chi connectivity index (χ0v) is 13.9. The molecule has 2 rings (SSSR count). The van der Waals surface area contributed by atoms with Crippen molar-refractivity contribution in [3.8, 4) is 6.07 Å². The van der Waals surface area contributed by atoms with Crippen LogP contribution in [0.1, 0.15) is 35.7 Å². The second-order valence-corrected chi connectivity index (χ2v) is 5.89. The van der Waals surface area contributed by atoms with Crippen LogP contribution in [0.15, 0.2) is 42.5 Å². The van der Waals surface area contributed by atoms with E-state index in [-0.39, 0.29) is 6.04 Å². The highest BCUT2D eigenvalue weighted by molar-refractivity contribution is 6.42. The topological polar surface area (TPSA) is 78.9 Å². The lowest BCUT2D eigenvalue weighted by Crippen LogP contribution is -2.35. The van der Waals surface area contributed by atoms with Gasteiger partial charge in [0.1, 0.15) is 6.04 Å². The molecule has 0 saturated heterocycles. The molecule has 0 aliphatic heterocycles. The number of nitrogens with one attached hydrogen (secondary N) is 1. The maximum absolute atomic E-state index is 11.8. The van der Waals surface area contributed by atoms with E-state index < -0.39 is 11.9 Å². The molecule has 23 heavy (non-hydrogen) atoms. The van der Waals surface area contributed by atoms with E-state index >= 15 is 0 Å². The monoisotopic (exact) mass is 347 g/mol. The van der Waals surface area contributed by atoms with Gasteiger partial charge in [0.15, 0.2) is 0 Å². The van der Waals surface area contributed by atoms with Crippen LogP contribution in [0.4, 0.5) is 0 Å². The first-order valence-electron chi connectivity index (χ1n) is 6.93. The fourth-order valence-electron chi connectivity index (χ4n) is 2.29. The van der Waals surface area contributed by atoms with Crippen LogP contribution in [0.5, 0.6) is 0 Å². The number of carbonyl (C=O) groups excluding carboxylic acids is 1. The molecule has 0 aromatic heterocycles. The highest BCUT2D eigenvalue weighted by Crippen LogP contribution is 2.31. The number of primary amides is 1. The number of halogens is 2. The number of nitrogens with zero attached hydrogens (tertiary/aromatic N) is 1. The molecule has 0 fully saturated rings. The Morgan fingerprint density at radius 1 is 1.22 bits per heavy atom. The third-order valence-electron chi connectivity index (χ3n) is 3.52. The number of nitriles is 1. The van der Waals surface area contributed by atoms with Gasteiger partial charge < -0.3 is 5.73 Å². The molecule has 1 amide bonds. The first-order chi connectivity index (χ1) is 10.9. The number of carbonyl (C=O) groups is 1. The second kappa shape index (κ2) is 7.47. The fraction of sp³-hybridized carbons (Fsp3) is 0.176. The molecule has 0 saturated carbocycles. The lowest BCUT2D eigenvalue weighted by molar-refractivity contribution is -0.120. The first-order valence-corrected chi connectivity index (χ1v) is 7.69. The van der Waals surface area contributed by atoms with E-state index in [0.717, 1.165) is 5.56 Å². The molecular formula is C17H15Cl2N3O. The van der Waals surface area contributed by atoms with Crippen molar-refractivity contribution < 1.29 is 4.79 Å². The minimum atomic E-state index is -0.701. The number of nitrogens with two attached hydrogens (primary N) is 1. The number of rotatable bonds is 5. The molecule has 0 spiro atoms. The maximum Gasteiger partial charge on any atom is 0.239 e. The van der Waals surface area contributed by atoms with Gasteiger partial charge in [0.2, 0.25) is 5.91 Å². The van der Waals surface area contributed by atoms with E-state index in [4.69, 9.17) is 34.2 Å². The van der Waals surface area contributed by atoms with Gasteiger partial charge in [-0.05, 0) is 36.2 Å². The Kier molecular flexibility index (Phi) is 5.62. The molecule has 2 atom stereocenters. The smallest absolute Gasteiger partial charge is 0.239 e. The number of amides is 1. The van der Waals surface area contributed by atoms with Crippen molar-refractivity contribution in [1.82, 2.24) is 5.32 Å². The highest BCUT2D eigenvalue weighted by atomic mass is 35.5. The number of hydrogen-bond acceptors (Lipinski definition) is 3. The van der Waals surface area contributed by atoms with E-state index in [9.17, 15) is 4.79 Å². The fourth-order valence-corrected chi connectivity index (χ4v) is 2.76. The Labute approximate surface area is 144 Å². The molecule has 2 aromatic rings. The Morgan fingerprint density at radius 3 is 2.43 bits per heavy atom. The van der Waals surface area contributed by atoms with Crippen molar-refractivity contribution in [1.29, 1.82) is 5.26 Å². The van der Waals surface area contributed by atoms with Crippen molar-refractivity contribution in [2.75, 3.05) is 0 Å². The van der Waals surface area contributed by atoms with E-state index in [1.165, 1.54) is 0 Å². The van der Waals surface area contributed by atoms with Gasteiger partial charge in [0, 0.05) is 6.04 Å². The summed E-state index contributed by atoms with van der Waals surface area (Å²) < 4.78 is 0. The largest absolute Gasteiger partial charge is 0.368 e. The Bertz CT molecular complexity index is 753. The van der Waals surface area contributed by atoms with Crippen molar-refractivity contribution in [2.45, 2.75) is 19.0 Å². The molecule has 0 radical (unpaired) electrons. The molecule has 0 bridgehead atoms. The summed E-state index contributed by atoms with van der Waals surface area (Å²) in [6.07, 6.45) is 0. The van der Waals surface area contributed by atoms with Crippen LogP contribution in [-0.4, -0.2) is 5.91 Å². The third-order valence-corrected chi connectivity index (χ3v) is 4.36. The summed E-state index contributed by atoms with van der Waals surface area (Å²) in [7, 11) is 0. The third kappa shape index (κ3) is 4.02. The Balaban J connectivity index is 2.27. The SMILES string of the molecule is CC(NC(C(N)=O)c1ccc(C#N)cc1)c1cccc(Cl)c1Cl. The molecule has 0 aliphatic rings. The van der Waals surface area contributed by atoms with Gasteiger partial charge in [-0.1, -0.05) is 47.5 Å². The Hall–Kier alpha value is -2.06. The van der Waals surface area contributed by atoms with Crippen LogP contribution in [0.2, 0.25) is 10.0 Å². The molecule has 0 aliphatic carbocycles. The average Bonchev–Trinajstić information content (AvgIpc) is 2.55. The van der Waals surface area contributed by atoms with Gasteiger partial charge in [0.25, 0.3) is 0 Å². The molecule has 0 heterocycles. The van der Waals surface area contributed by atoms with Crippen LogP contribution < -0.4 is 11.1 Å². The van der Waals surface area contributed by atoms with Crippen LogP contribution in [0, 0.1) is 11.3 Å². The van der Waals surface area contributed by atoms with Crippen molar-refractivity contribution >= 4 is 29.1 Å². The lowest BCUT2D eigenvalue weighted by atomic mass is 10.0. The van der Waals surface area contributed by atoms with Gasteiger partial charge in [0.05, 0.1) is 21.7 Å². The van der Waals surface area contributed by atoms with Crippen LogP contribution >= 0.6 is 23.2 Å². The summed E-state index contributed by atoms with van der Waals surface area (Å²) in [4.78, 5) is 11.8. The van der Waals surface area contributed by atoms with Gasteiger partial charge in [-0.25, -0.2) is 0 Å². The predicted molar refractivity (Wildman–Crippen MR) is 91.1 cm³/mol. The lowest BCUT2D eigenvalue weighted by Gasteiger charge is -2.22. The van der Waals surface area contributed by atoms with E-state index in [0.29, 0.717) is 21.2 Å². The summed E-state index contributed by atoms with van der Waals surface area (Å²) in [6.45, 7) is 1.87. The Morgan fingerprint density at radius 2 is 1.87 bits per heavy atom. The van der Waals surface area contributed by atoms with E-state index in [1.54, 1.807) is 36.4 Å². The van der Waals surface area contributed by atoms with E-state index in [2.05, 4.69) is 5.32 Å². The highest BCUT2D eigenvalue weighted by Gasteiger charge is 2.22. The molecular weight excluding hydrogens is 333 g/mol. The molecule has 6 heteroatoms. The van der Waals surface area contributed by atoms with Gasteiger partial charge in [-0.2, -0.15) is 5.26 Å². The standard InChI is InChI=1S/C17H15Cl2N3O/c1-10(13-3-2-4-14(18)15(13)19)22-16(17(21)23)12-7-5-11(9-20)6-8-12/h2-8,10,16,22H,1H3,(H2,21,23). The van der Waals surface area contributed by atoms with E-state index in [1.807, 2.05) is 19.1 Å². The van der Waals surface area contributed by atoms with Gasteiger partial charge in [-0.15, -0.1) is 0 Å². The molecule has 3 N–H and O–H groups in total. The van der Waals surface area contributed by atoms with Gasteiger partial charge >= 0.3 is 0 Å². The minimum absolute atomic E-state index is 0.241. The molecule has 118 valence electrons. The number of benzene rings is 2. The van der Waals surface area contributed by atoms with Crippen LogP contribution in [0.25, 0.3) is 0 Å². The molecule has 2 unspecified atom stereocenters. The summed E-state index contributed by atoms with van der Waals surface area (Å²) >= 11 is 12.2. The van der Waals surface area contributed by atoms with Crippen LogP contribution in [0.3, 0.4) is 0 Å². The second-order valence-electron chi connectivity index (χ2n) is 5.10. The normalized spacial score (nSPS) is 13.1. The zero-order chi connectivity index (χ0) is 17.0. The predicted octanol–water partition coefficient (Wildman–Crippen LogP) is 3.74. The molecule has 2 aromatic carbocycles. The quantitative estimate of drug-likeness (QED) is 0.864. The average molecular weight is 348 g/mol. The van der Waals surface area contributed by atoms with Crippen molar-refractivity contribution in [3.63, 3.8) is 0 Å².